The Morgan fingerprint density at radius 1 is 1.06 bits per heavy atom. The van der Waals surface area contributed by atoms with Crippen molar-refractivity contribution < 1.29 is 14.3 Å². The molecule has 0 spiro atoms. The van der Waals surface area contributed by atoms with E-state index in [9.17, 15) is 9.59 Å². The predicted molar refractivity (Wildman–Crippen MR) is 124 cm³/mol. The van der Waals surface area contributed by atoms with Crippen LogP contribution in [-0.4, -0.2) is 52.3 Å². The van der Waals surface area contributed by atoms with Crippen LogP contribution in [0.5, 0.6) is 5.75 Å². The van der Waals surface area contributed by atoms with Crippen molar-refractivity contribution in [3.63, 3.8) is 0 Å². The monoisotopic (exact) mass is 431 g/mol. The van der Waals surface area contributed by atoms with Crippen LogP contribution in [0.2, 0.25) is 0 Å². The van der Waals surface area contributed by atoms with E-state index >= 15 is 0 Å². The van der Waals surface area contributed by atoms with Crippen molar-refractivity contribution in [3.8, 4) is 5.75 Å². The number of rotatable bonds is 6. The molecule has 2 aliphatic heterocycles. The molecule has 2 atom stereocenters. The summed E-state index contributed by atoms with van der Waals surface area (Å²) in [6.07, 6.45) is 2.42. The number of amides is 2. The summed E-state index contributed by atoms with van der Waals surface area (Å²) in [4.78, 5) is 34.2. The van der Waals surface area contributed by atoms with Gasteiger partial charge < -0.3 is 19.5 Å². The zero-order valence-corrected chi connectivity index (χ0v) is 18.6. The number of piperazine rings is 1. The normalized spacial score (nSPS) is 20.4. The number of fused-ring (bicyclic) bond motifs is 4. The number of ether oxygens (including phenoxy) is 1. The first-order valence-corrected chi connectivity index (χ1v) is 11.5. The van der Waals surface area contributed by atoms with Gasteiger partial charge in [-0.25, -0.2) is 0 Å². The molecule has 2 aromatic carbocycles. The van der Waals surface area contributed by atoms with Gasteiger partial charge >= 0.3 is 0 Å². The number of para-hydroxylation sites is 2. The summed E-state index contributed by atoms with van der Waals surface area (Å²) in [6, 6.07) is 15.1. The Hall–Kier alpha value is -3.28. The van der Waals surface area contributed by atoms with Gasteiger partial charge in [-0.1, -0.05) is 49.7 Å². The van der Waals surface area contributed by atoms with E-state index in [2.05, 4.69) is 24.0 Å². The van der Waals surface area contributed by atoms with E-state index in [1.54, 1.807) is 9.80 Å². The number of unbranched alkanes of at least 4 members (excludes halogenated alkanes) is 1. The van der Waals surface area contributed by atoms with Gasteiger partial charge in [-0.3, -0.25) is 9.59 Å². The lowest BCUT2D eigenvalue weighted by molar-refractivity contribution is -0.158. The molecule has 1 aromatic heterocycles. The molecule has 1 fully saturated rings. The topological polar surface area (TPSA) is 65.6 Å². The van der Waals surface area contributed by atoms with Crippen LogP contribution in [0.1, 0.15) is 49.6 Å². The first-order chi connectivity index (χ1) is 15.6. The van der Waals surface area contributed by atoms with Crippen LogP contribution in [0.3, 0.4) is 0 Å². The van der Waals surface area contributed by atoms with Crippen molar-refractivity contribution in [1.82, 2.24) is 14.8 Å². The summed E-state index contributed by atoms with van der Waals surface area (Å²) in [5.41, 5.74) is 4.04. The van der Waals surface area contributed by atoms with Crippen LogP contribution in [-0.2, 0) is 16.0 Å². The van der Waals surface area contributed by atoms with E-state index in [1.165, 1.54) is 0 Å². The maximum absolute atomic E-state index is 13.6. The Bertz CT molecular complexity index is 1170. The SMILES string of the molecule is CCCCN1CC(=O)N2C(c3ccccc3OCC)c3[nH]c4ccccc4c3C[C@H]2C1=O. The maximum atomic E-state index is 13.6. The fourth-order valence-corrected chi connectivity index (χ4v) is 5.18. The first kappa shape index (κ1) is 20.6. The molecule has 1 unspecified atom stereocenters. The molecule has 2 amide bonds. The quantitative estimate of drug-likeness (QED) is 0.640. The lowest BCUT2D eigenvalue weighted by Gasteiger charge is -2.47. The third-order valence-electron chi connectivity index (χ3n) is 6.64. The second-order valence-corrected chi connectivity index (χ2v) is 8.57. The van der Waals surface area contributed by atoms with Crippen LogP contribution < -0.4 is 4.74 Å². The first-order valence-electron chi connectivity index (χ1n) is 11.5. The minimum absolute atomic E-state index is 0.00805. The van der Waals surface area contributed by atoms with E-state index in [1.807, 2.05) is 43.3 Å². The number of nitrogens with zero attached hydrogens (tertiary/aromatic N) is 2. The molecule has 5 rings (SSSR count). The van der Waals surface area contributed by atoms with Crippen molar-refractivity contribution in [2.24, 2.45) is 0 Å². The largest absolute Gasteiger partial charge is 0.494 e. The zero-order valence-electron chi connectivity index (χ0n) is 18.6. The highest BCUT2D eigenvalue weighted by Gasteiger charge is 2.48. The van der Waals surface area contributed by atoms with Gasteiger partial charge in [0.15, 0.2) is 0 Å². The van der Waals surface area contributed by atoms with Gasteiger partial charge in [-0.05, 0) is 31.0 Å². The van der Waals surface area contributed by atoms with Crippen molar-refractivity contribution in [3.05, 3.63) is 65.4 Å². The number of carbonyl (C=O) groups excluding carboxylic acids is 2. The second kappa shape index (κ2) is 8.34. The standard InChI is InChI=1S/C26H29N3O3/c1-3-5-14-28-16-23(30)29-21(26(28)31)15-19-17-10-6-8-12-20(17)27-24(19)25(29)18-11-7-9-13-22(18)32-4-2/h6-13,21,25,27H,3-5,14-16H2,1-2H3/t21-,25?/m0/s1. The molecule has 1 N–H and O–H groups in total. The summed E-state index contributed by atoms with van der Waals surface area (Å²) in [5, 5.41) is 1.12. The number of hydrogen-bond donors (Lipinski definition) is 1. The maximum Gasteiger partial charge on any atom is 0.246 e. The van der Waals surface area contributed by atoms with E-state index in [0.29, 0.717) is 19.6 Å². The fourth-order valence-electron chi connectivity index (χ4n) is 5.18. The predicted octanol–water partition coefficient (Wildman–Crippen LogP) is 4.05. The molecule has 0 bridgehead atoms. The molecule has 0 saturated carbocycles. The molecule has 3 aromatic rings. The van der Waals surface area contributed by atoms with Crippen LogP contribution in [0.25, 0.3) is 10.9 Å². The Morgan fingerprint density at radius 2 is 1.84 bits per heavy atom. The van der Waals surface area contributed by atoms with Gasteiger partial charge in [0, 0.05) is 35.1 Å². The van der Waals surface area contributed by atoms with Gasteiger partial charge in [0.1, 0.15) is 17.8 Å². The highest BCUT2D eigenvalue weighted by Crippen LogP contribution is 2.44. The molecule has 0 radical (unpaired) electrons. The lowest BCUT2D eigenvalue weighted by atomic mass is 9.86. The fraction of sp³-hybridized carbons (Fsp3) is 0.385. The van der Waals surface area contributed by atoms with E-state index in [-0.39, 0.29) is 24.4 Å². The van der Waals surface area contributed by atoms with Crippen LogP contribution in [0.15, 0.2) is 48.5 Å². The van der Waals surface area contributed by atoms with E-state index in [0.717, 1.165) is 46.3 Å². The number of H-pyrrole nitrogens is 1. The number of hydrogen-bond acceptors (Lipinski definition) is 3. The smallest absolute Gasteiger partial charge is 0.246 e. The highest BCUT2D eigenvalue weighted by atomic mass is 16.5. The third kappa shape index (κ3) is 3.25. The number of aromatic nitrogens is 1. The van der Waals surface area contributed by atoms with Gasteiger partial charge in [0.25, 0.3) is 0 Å². The zero-order chi connectivity index (χ0) is 22.2. The molecule has 166 valence electrons. The molecular formula is C26H29N3O3. The minimum atomic E-state index is -0.500. The number of carbonyl (C=O) groups is 2. The van der Waals surface area contributed by atoms with E-state index < -0.39 is 6.04 Å². The number of benzene rings is 2. The molecular weight excluding hydrogens is 402 g/mol. The highest BCUT2D eigenvalue weighted by molar-refractivity contribution is 5.97. The Labute approximate surface area is 188 Å². The molecule has 32 heavy (non-hydrogen) atoms. The summed E-state index contributed by atoms with van der Waals surface area (Å²) >= 11 is 0. The summed E-state index contributed by atoms with van der Waals surface area (Å²) in [5.74, 6) is 0.790. The number of nitrogens with one attached hydrogen (secondary N) is 1. The van der Waals surface area contributed by atoms with Crippen molar-refractivity contribution in [2.75, 3.05) is 19.7 Å². The second-order valence-electron chi connectivity index (χ2n) is 8.57. The molecule has 6 heteroatoms. The Morgan fingerprint density at radius 3 is 2.66 bits per heavy atom. The summed E-state index contributed by atoms with van der Waals surface area (Å²) in [7, 11) is 0. The Balaban J connectivity index is 1.68. The lowest BCUT2D eigenvalue weighted by Crippen LogP contribution is -2.63. The molecule has 6 nitrogen and oxygen atoms in total. The van der Waals surface area contributed by atoms with E-state index in [4.69, 9.17) is 4.74 Å². The van der Waals surface area contributed by atoms with Gasteiger partial charge in [0.2, 0.25) is 11.8 Å². The van der Waals surface area contributed by atoms with Crippen molar-refractivity contribution in [1.29, 1.82) is 0 Å². The van der Waals surface area contributed by atoms with Crippen LogP contribution in [0.4, 0.5) is 0 Å². The molecule has 1 saturated heterocycles. The molecule has 0 aliphatic carbocycles. The number of aromatic amines is 1. The summed E-state index contributed by atoms with van der Waals surface area (Å²) in [6.45, 7) is 5.35. The average molecular weight is 432 g/mol. The van der Waals surface area contributed by atoms with Gasteiger partial charge in [-0.15, -0.1) is 0 Å². The van der Waals surface area contributed by atoms with Gasteiger partial charge in [0.05, 0.1) is 13.2 Å². The third-order valence-corrected chi connectivity index (χ3v) is 6.64. The Kier molecular flexibility index (Phi) is 5.37. The van der Waals surface area contributed by atoms with Crippen LogP contribution >= 0.6 is 0 Å². The van der Waals surface area contributed by atoms with Crippen molar-refractivity contribution >= 4 is 22.7 Å². The van der Waals surface area contributed by atoms with Crippen molar-refractivity contribution in [2.45, 2.75) is 45.2 Å². The van der Waals surface area contributed by atoms with Gasteiger partial charge in [-0.2, -0.15) is 0 Å². The minimum Gasteiger partial charge on any atom is -0.494 e. The molecule has 3 heterocycles. The summed E-state index contributed by atoms with van der Waals surface area (Å²) < 4.78 is 5.95. The molecule has 2 aliphatic rings. The van der Waals surface area contributed by atoms with Crippen LogP contribution in [0, 0.1) is 0 Å². The average Bonchev–Trinajstić information content (AvgIpc) is 3.18.